The molecule has 25 heteroatoms. The lowest BCUT2D eigenvalue weighted by atomic mass is 10.2. The largest absolute Gasteiger partial charge is 0.369 e. The van der Waals surface area contributed by atoms with Crippen LogP contribution in [-0.2, 0) is 54.5 Å². The van der Waals surface area contributed by atoms with Gasteiger partial charge in [-0.1, -0.05) is 12.1 Å². The van der Waals surface area contributed by atoms with Crippen molar-refractivity contribution in [2.24, 2.45) is 0 Å². The van der Waals surface area contributed by atoms with Gasteiger partial charge in [-0.2, -0.15) is 9.97 Å². The van der Waals surface area contributed by atoms with Crippen molar-refractivity contribution in [3.8, 4) is 0 Å². The number of nitrogens with zero attached hydrogens (tertiary/aromatic N) is 9. The van der Waals surface area contributed by atoms with E-state index in [1.165, 1.54) is 47.0 Å². The van der Waals surface area contributed by atoms with Gasteiger partial charge in [0.1, 0.15) is 21.4 Å². The standard InChI is InChI=1S/C24H27FN6O3S2.C12H9ClFN3OS.C12H19N3O2S/c1-29(2)36(33,34)20-8-6-19(7-9-20)30-11-13-31(14-12-30)24-27-21-10-15-35(32)22(21)23(28-24)26-18-5-3-4-17(25)16-18;13-12-16-9-4-5-19(18)10(9)11(17-12)15-8-3-1-2-7(14)6-8;1-14(2)18(16,17)12-5-3-11(4-6-12)15-9-7-13-8-10-15/h3-9,16H,10-15H2,1-2H3,(H,26,27,28);1-3,6H,4-5H2,(H,15,16,17);3-6,13H,7-10H2,1-2H3. The molecule has 10 rings (SSSR count). The van der Waals surface area contributed by atoms with Crippen molar-refractivity contribution in [1.29, 1.82) is 0 Å². The highest BCUT2D eigenvalue weighted by Gasteiger charge is 2.30. The van der Waals surface area contributed by atoms with E-state index in [0.717, 1.165) is 43.2 Å². The number of aryl methyl sites for hydroxylation is 2. The molecule has 4 aromatic carbocycles. The van der Waals surface area contributed by atoms with E-state index in [0.29, 0.717) is 99.9 Å². The summed E-state index contributed by atoms with van der Waals surface area (Å²) in [4.78, 5) is 25.8. The molecule has 4 aliphatic rings. The molecule has 0 amide bonds. The van der Waals surface area contributed by atoms with Crippen LogP contribution in [-0.4, -0.2) is 146 Å². The topological polar surface area (TPSA) is 206 Å². The van der Waals surface area contributed by atoms with Crippen molar-refractivity contribution in [2.45, 2.75) is 32.4 Å². The first-order valence-electron chi connectivity index (χ1n) is 23.2. The molecule has 0 bridgehead atoms. The molecule has 6 heterocycles. The second-order valence-corrected chi connectivity index (χ2v) is 25.1. The smallest absolute Gasteiger partial charge is 0.242 e. The number of halogens is 3. The Kier molecular flexibility index (Phi) is 17.0. The van der Waals surface area contributed by atoms with E-state index < -0.39 is 41.6 Å². The minimum atomic E-state index is -3.47. The maximum Gasteiger partial charge on any atom is 0.242 e. The maximum atomic E-state index is 13.7. The van der Waals surface area contributed by atoms with Crippen molar-refractivity contribution in [3.05, 3.63) is 125 Å². The molecule has 0 saturated carbocycles. The van der Waals surface area contributed by atoms with Crippen molar-refractivity contribution < 1.29 is 34.0 Å². The Morgan fingerprint density at radius 2 is 1.00 bits per heavy atom. The number of anilines is 7. The molecule has 4 aliphatic heterocycles. The molecular formula is C48H55ClF2N12O6S4. The number of benzene rings is 4. The van der Waals surface area contributed by atoms with Crippen molar-refractivity contribution in [2.75, 3.05) is 117 Å². The third-order valence-electron chi connectivity index (χ3n) is 12.2. The molecule has 388 valence electrons. The summed E-state index contributed by atoms with van der Waals surface area (Å²) >= 11 is 5.84. The molecule has 2 aromatic heterocycles. The Balaban J connectivity index is 0.000000161. The highest BCUT2D eigenvalue weighted by Crippen LogP contribution is 2.34. The number of nitrogens with one attached hydrogen (secondary N) is 3. The summed E-state index contributed by atoms with van der Waals surface area (Å²) in [6, 6.07) is 26.1. The van der Waals surface area contributed by atoms with E-state index in [1.807, 2.05) is 24.3 Å². The summed E-state index contributed by atoms with van der Waals surface area (Å²) in [5.41, 5.74) is 4.55. The van der Waals surface area contributed by atoms with E-state index in [-0.39, 0.29) is 21.8 Å². The fraction of sp³-hybridized carbons (Fsp3) is 0.333. The first-order chi connectivity index (χ1) is 34.9. The molecule has 2 atom stereocenters. The van der Waals surface area contributed by atoms with Crippen LogP contribution in [0.4, 0.5) is 49.1 Å². The highest BCUT2D eigenvalue weighted by molar-refractivity contribution is 7.89. The Bertz CT molecular complexity index is 3220. The maximum absolute atomic E-state index is 13.7. The van der Waals surface area contributed by atoms with E-state index >= 15 is 0 Å². The van der Waals surface area contributed by atoms with E-state index in [2.05, 4.69) is 40.6 Å². The van der Waals surface area contributed by atoms with Crippen LogP contribution in [0.25, 0.3) is 0 Å². The average Bonchev–Trinajstić information content (AvgIpc) is 3.95. The van der Waals surface area contributed by atoms with Crippen LogP contribution in [0.1, 0.15) is 11.4 Å². The first kappa shape index (κ1) is 53.6. The third-order valence-corrected chi connectivity index (χ3v) is 18.9. The van der Waals surface area contributed by atoms with Crippen LogP contribution >= 0.6 is 11.6 Å². The number of aromatic nitrogens is 4. The predicted octanol–water partition coefficient (Wildman–Crippen LogP) is 5.62. The predicted molar refractivity (Wildman–Crippen MR) is 283 cm³/mol. The second-order valence-electron chi connectivity index (χ2n) is 17.4. The summed E-state index contributed by atoms with van der Waals surface area (Å²) in [5.74, 6) is 1.69. The van der Waals surface area contributed by atoms with Gasteiger partial charge in [-0.3, -0.25) is 8.42 Å². The molecule has 0 spiro atoms. The van der Waals surface area contributed by atoms with Crippen LogP contribution in [0.5, 0.6) is 0 Å². The zero-order chi connectivity index (χ0) is 52.0. The van der Waals surface area contributed by atoms with Crippen LogP contribution in [0, 0.1) is 11.6 Å². The van der Waals surface area contributed by atoms with E-state index in [1.54, 1.807) is 62.6 Å². The number of sulfonamides is 2. The third kappa shape index (κ3) is 12.8. The highest BCUT2D eigenvalue weighted by atomic mass is 35.5. The second kappa shape index (κ2) is 23.2. The minimum absolute atomic E-state index is 0.0940. The number of hydrogen-bond acceptors (Lipinski definition) is 16. The zero-order valence-corrected chi connectivity index (χ0v) is 44.5. The van der Waals surface area contributed by atoms with Crippen LogP contribution in [0.3, 0.4) is 0 Å². The van der Waals surface area contributed by atoms with Crippen LogP contribution in [0.2, 0.25) is 5.28 Å². The molecule has 73 heavy (non-hydrogen) atoms. The summed E-state index contributed by atoms with van der Waals surface area (Å²) in [6.07, 6.45) is 1.22. The van der Waals surface area contributed by atoms with Gasteiger partial charge in [0.15, 0.2) is 11.6 Å². The number of rotatable bonds is 11. The van der Waals surface area contributed by atoms with E-state index in [9.17, 15) is 34.0 Å². The van der Waals surface area contributed by atoms with Gasteiger partial charge in [0.2, 0.25) is 31.3 Å². The summed E-state index contributed by atoms with van der Waals surface area (Å²) in [5, 5.41) is 9.47. The Morgan fingerprint density at radius 3 is 1.45 bits per heavy atom. The normalized spacial score (nSPS) is 17.6. The van der Waals surface area contributed by atoms with Crippen LogP contribution in [0.15, 0.2) is 117 Å². The number of hydrogen-bond donors (Lipinski definition) is 3. The Morgan fingerprint density at radius 1 is 0.575 bits per heavy atom. The monoisotopic (exact) mass is 1100 g/mol. The van der Waals surface area contributed by atoms with Gasteiger partial charge in [-0.15, -0.1) is 0 Å². The summed E-state index contributed by atoms with van der Waals surface area (Å²) in [6.45, 7) is 6.60. The molecule has 2 saturated heterocycles. The van der Waals surface area contributed by atoms with Crippen molar-refractivity contribution >= 4 is 93.6 Å². The van der Waals surface area contributed by atoms with Gasteiger partial charge in [-0.05, 0) is 96.5 Å². The number of piperazine rings is 2. The molecule has 2 unspecified atom stereocenters. The summed E-state index contributed by atoms with van der Waals surface area (Å²) in [7, 11) is -3.01. The molecule has 0 aliphatic carbocycles. The lowest BCUT2D eigenvalue weighted by molar-refractivity contribution is 0.519. The number of fused-ring (bicyclic) bond motifs is 2. The quantitative estimate of drug-likeness (QED) is 0.135. The zero-order valence-electron chi connectivity index (χ0n) is 40.5. The van der Waals surface area contributed by atoms with Gasteiger partial charge in [0, 0.05) is 128 Å². The Hall–Kier alpha value is -5.73. The van der Waals surface area contributed by atoms with Crippen molar-refractivity contribution in [3.63, 3.8) is 0 Å². The fourth-order valence-corrected chi connectivity index (χ4v) is 12.8. The van der Waals surface area contributed by atoms with Gasteiger partial charge in [0.25, 0.3) is 0 Å². The molecule has 2 fully saturated rings. The lowest BCUT2D eigenvalue weighted by Gasteiger charge is -2.36. The minimum Gasteiger partial charge on any atom is -0.369 e. The SMILES string of the molecule is CN(C)S(=O)(=O)c1ccc(N2CCN(c3nc4c(c(Nc5cccc(F)c5)n3)S(=O)CC4)CC2)cc1.CN(C)S(=O)(=O)c1ccc(N2CCNCC2)cc1.O=S1CCc2nc(Cl)nc(Nc3cccc(F)c3)c21. The molecule has 6 aromatic rings. The van der Waals surface area contributed by atoms with Gasteiger partial charge in [0.05, 0.1) is 42.8 Å². The molecule has 18 nitrogen and oxygen atoms in total. The van der Waals surface area contributed by atoms with Gasteiger partial charge in [-0.25, -0.2) is 44.2 Å². The fourth-order valence-electron chi connectivity index (χ4n) is 8.23. The van der Waals surface area contributed by atoms with Crippen molar-refractivity contribution in [1.82, 2.24) is 33.9 Å². The van der Waals surface area contributed by atoms with Crippen LogP contribution < -0.4 is 30.7 Å². The Labute approximate surface area is 434 Å². The van der Waals surface area contributed by atoms with Gasteiger partial charge < -0.3 is 30.7 Å². The molecule has 3 N–H and O–H groups in total. The van der Waals surface area contributed by atoms with E-state index in [4.69, 9.17) is 21.6 Å². The molecule has 0 radical (unpaired) electrons. The van der Waals surface area contributed by atoms with Gasteiger partial charge >= 0.3 is 0 Å². The molecular weight excluding hydrogens is 1040 g/mol. The summed E-state index contributed by atoms with van der Waals surface area (Å²) < 4.78 is 102. The first-order valence-corrected chi connectivity index (χ1v) is 29.1. The lowest BCUT2D eigenvalue weighted by Crippen LogP contribution is -2.47. The average molecular weight is 1100 g/mol.